The predicted molar refractivity (Wildman–Crippen MR) is 92.9 cm³/mol. The number of rotatable bonds is 5. The Kier molecular flexibility index (Phi) is 4.81. The topological polar surface area (TPSA) is 118 Å². The van der Waals surface area contributed by atoms with Crippen molar-refractivity contribution >= 4 is 27.9 Å². The summed E-state index contributed by atoms with van der Waals surface area (Å²) in [5.41, 5.74) is 0.374. The van der Waals surface area contributed by atoms with E-state index >= 15 is 0 Å². The zero-order valence-corrected chi connectivity index (χ0v) is 15.0. The van der Waals surface area contributed by atoms with Crippen molar-refractivity contribution in [1.82, 2.24) is 4.90 Å². The molecule has 1 unspecified atom stereocenters. The van der Waals surface area contributed by atoms with Crippen LogP contribution in [0.15, 0.2) is 53.4 Å². The van der Waals surface area contributed by atoms with E-state index in [1.807, 2.05) is 0 Å². The standard InChI is InChI=1S/C18H15NO7S/c1-2-13(19-16(20)11-7-3-4-8-12(11)17(19)21)18(22)26-14-9-5-6-10-15(14)27(23,24)25/h3-10,13H,2H2,1H3,(H,23,24,25). The number of ether oxygens (including phenoxy) is 1. The van der Waals surface area contributed by atoms with Crippen molar-refractivity contribution in [3.8, 4) is 5.75 Å². The first-order valence-corrected chi connectivity index (χ1v) is 9.44. The number of esters is 1. The Morgan fingerprint density at radius 2 is 1.56 bits per heavy atom. The molecule has 3 rings (SSSR count). The summed E-state index contributed by atoms with van der Waals surface area (Å²) < 4.78 is 37.2. The van der Waals surface area contributed by atoms with Gasteiger partial charge in [-0.25, -0.2) is 4.79 Å². The SMILES string of the molecule is CCC(C(=O)Oc1ccccc1S(=O)(=O)O)N1C(=O)c2ccccc2C1=O. The Morgan fingerprint density at radius 3 is 2.07 bits per heavy atom. The lowest BCUT2D eigenvalue weighted by molar-refractivity contribution is -0.139. The number of carbonyl (C=O) groups is 3. The van der Waals surface area contributed by atoms with Crippen LogP contribution >= 0.6 is 0 Å². The van der Waals surface area contributed by atoms with Gasteiger partial charge in [-0.1, -0.05) is 31.2 Å². The Bertz CT molecular complexity index is 1010. The van der Waals surface area contributed by atoms with Gasteiger partial charge in [0.05, 0.1) is 11.1 Å². The molecule has 0 saturated carbocycles. The van der Waals surface area contributed by atoms with Gasteiger partial charge in [0.2, 0.25) is 0 Å². The van der Waals surface area contributed by atoms with Gasteiger partial charge in [0.1, 0.15) is 10.9 Å². The van der Waals surface area contributed by atoms with Gasteiger partial charge >= 0.3 is 5.97 Å². The molecule has 1 heterocycles. The summed E-state index contributed by atoms with van der Waals surface area (Å²) in [6.07, 6.45) is 0.0678. The van der Waals surface area contributed by atoms with Crippen LogP contribution < -0.4 is 4.74 Å². The Balaban J connectivity index is 1.91. The Labute approximate surface area is 155 Å². The lowest BCUT2D eigenvalue weighted by Gasteiger charge is -2.23. The molecule has 8 nitrogen and oxygen atoms in total. The van der Waals surface area contributed by atoms with Crippen LogP contribution in [0.2, 0.25) is 0 Å². The van der Waals surface area contributed by atoms with Crippen LogP contribution in [0.3, 0.4) is 0 Å². The molecule has 0 saturated heterocycles. The summed E-state index contributed by atoms with van der Waals surface area (Å²) in [5.74, 6) is -2.62. The van der Waals surface area contributed by atoms with Crippen LogP contribution in [0.25, 0.3) is 0 Å². The third-order valence-electron chi connectivity index (χ3n) is 4.13. The van der Waals surface area contributed by atoms with Gasteiger partial charge in [-0.3, -0.25) is 19.0 Å². The summed E-state index contributed by atoms with van der Waals surface area (Å²) in [6, 6.07) is 9.97. The fourth-order valence-corrected chi connectivity index (χ4v) is 3.48. The molecule has 0 radical (unpaired) electrons. The average Bonchev–Trinajstić information content (AvgIpc) is 2.88. The molecule has 0 bridgehead atoms. The molecule has 9 heteroatoms. The lowest BCUT2D eigenvalue weighted by Crippen LogP contribution is -2.46. The van der Waals surface area contributed by atoms with Crippen molar-refractivity contribution in [2.24, 2.45) is 0 Å². The normalized spacial score (nSPS) is 14.8. The quantitative estimate of drug-likeness (QED) is 0.359. The van der Waals surface area contributed by atoms with Gasteiger partial charge in [-0.2, -0.15) is 8.42 Å². The van der Waals surface area contributed by atoms with E-state index < -0.39 is 38.8 Å². The first-order valence-electron chi connectivity index (χ1n) is 8.00. The van der Waals surface area contributed by atoms with Crippen molar-refractivity contribution in [3.63, 3.8) is 0 Å². The average molecular weight is 389 g/mol. The van der Waals surface area contributed by atoms with Crippen molar-refractivity contribution in [3.05, 3.63) is 59.7 Å². The van der Waals surface area contributed by atoms with E-state index in [4.69, 9.17) is 4.74 Å². The summed E-state index contributed by atoms with van der Waals surface area (Å²) in [7, 11) is -4.62. The van der Waals surface area contributed by atoms with Gasteiger partial charge in [0.25, 0.3) is 21.9 Å². The number of hydrogen-bond acceptors (Lipinski definition) is 6. The van der Waals surface area contributed by atoms with Gasteiger partial charge in [-0.15, -0.1) is 0 Å². The summed E-state index contributed by atoms with van der Waals surface area (Å²) in [4.78, 5) is 37.9. The molecule has 0 aliphatic carbocycles. The zero-order valence-electron chi connectivity index (χ0n) is 14.2. The molecule has 0 spiro atoms. The molecule has 0 aromatic heterocycles. The molecule has 1 atom stereocenters. The number of hydrogen-bond donors (Lipinski definition) is 1. The molecule has 140 valence electrons. The number of para-hydroxylation sites is 1. The molecule has 1 N–H and O–H groups in total. The highest BCUT2D eigenvalue weighted by Gasteiger charge is 2.42. The second-order valence-corrected chi connectivity index (χ2v) is 7.18. The van der Waals surface area contributed by atoms with Crippen molar-refractivity contribution in [1.29, 1.82) is 0 Å². The number of amides is 2. The van der Waals surface area contributed by atoms with Gasteiger partial charge < -0.3 is 4.74 Å². The first-order chi connectivity index (χ1) is 12.8. The van der Waals surface area contributed by atoms with E-state index in [2.05, 4.69) is 0 Å². The number of carbonyl (C=O) groups excluding carboxylic acids is 3. The maximum atomic E-state index is 12.6. The highest BCUT2D eigenvalue weighted by atomic mass is 32.2. The fraction of sp³-hybridized carbons (Fsp3) is 0.167. The van der Waals surface area contributed by atoms with Crippen LogP contribution in [-0.4, -0.2) is 41.7 Å². The first kappa shape index (κ1) is 18.7. The largest absolute Gasteiger partial charge is 0.423 e. The van der Waals surface area contributed by atoms with E-state index in [0.29, 0.717) is 0 Å². The fourth-order valence-electron chi connectivity index (χ4n) is 2.87. The van der Waals surface area contributed by atoms with E-state index in [-0.39, 0.29) is 23.3 Å². The highest BCUT2D eigenvalue weighted by molar-refractivity contribution is 7.86. The van der Waals surface area contributed by atoms with Gasteiger partial charge in [-0.05, 0) is 30.7 Å². The third-order valence-corrected chi connectivity index (χ3v) is 5.03. The number of benzene rings is 2. The van der Waals surface area contributed by atoms with Crippen LogP contribution in [0.5, 0.6) is 5.75 Å². The van der Waals surface area contributed by atoms with Crippen molar-refractivity contribution in [2.75, 3.05) is 0 Å². The minimum absolute atomic E-state index is 0.0678. The second kappa shape index (κ2) is 6.93. The molecule has 0 fully saturated rings. The molecular formula is C18H15NO7S. The smallest absolute Gasteiger partial charge is 0.334 e. The van der Waals surface area contributed by atoms with Crippen LogP contribution in [0.4, 0.5) is 0 Å². The zero-order chi connectivity index (χ0) is 19.8. The number of nitrogens with zero attached hydrogens (tertiary/aromatic N) is 1. The van der Waals surface area contributed by atoms with Crippen molar-refractivity contribution < 1.29 is 32.1 Å². The Morgan fingerprint density at radius 1 is 1.04 bits per heavy atom. The summed E-state index contributed by atoms with van der Waals surface area (Å²) >= 11 is 0. The molecule has 2 aromatic rings. The van der Waals surface area contributed by atoms with Crippen LogP contribution in [0.1, 0.15) is 34.1 Å². The molecular weight excluding hydrogens is 374 g/mol. The minimum atomic E-state index is -4.62. The molecule has 2 aromatic carbocycles. The lowest BCUT2D eigenvalue weighted by atomic mass is 10.1. The van der Waals surface area contributed by atoms with E-state index in [9.17, 15) is 27.4 Å². The van der Waals surface area contributed by atoms with E-state index in [1.165, 1.54) is 30.3 Å². The maximum Gasteiger partial charge on any atom is 0.334 e. The monoisotopic (exact) mass is 389 g/mol. The van der Waals surface area contributed by atoms with Crippen LogP contribution in [-0.2, 0) is 14.9 Å². The third kappa shape index (κ3) is 3.34. The molecule has 27 heavy (non-hydrogen) atoms. The number of imide groups is 1. The Hall–Kier alpha value is -3.04. The second-order valence-electron chi connectivity index (χ2n) is 5.79. The summed E-state index contributed by atoms with van der Waals surface area (Å²) in [6.45, 7) is 1.59. The van der Waals surface area contributed by atoms with E-state index in [0.717, 1.165) is 11.0 Å². The van der Waals surface area contributed by atoms with Gasteiger partial charge in [0.15, 0.2) is 5.75 Å². The van der Waals surface area contributed by atoms with Crippen LogP contribution in [0, 0.1) is 0 Å². The highest BCUT2D eigenvalue weighted by Crippen LogP contribution is 2.28. The minimum Gasteiger partial charge on any atom is -0.423 e. The molecule has 1 aliphatic rings. The summed E-state index contributed by atoms with van der Waals surface area (Å²) in [5, 5.41) is 0. The van der Waals surface area contributed by atoms with Crippen molar-refractivity contribution in [2.45, 2.75) is 24.3 Å². The van der Waals surface area contributed by atoms with E-state index in [1.54, 1.807) is 19.1 Å². The van der Waals surface area contributed by atoms with Gasteiger partial charge in [0, 0.05) is 0 Å². The predicted octanol–water partition coefficient (Wildman–Crippen LogP) is 1.91. The number of fused-ring (bicyclic) bond motifs is 1. The maximum absolute atomic E-state index is 12.6. The molecule has 1 aliphatic heterocycles. The molecule has 2 amide bonds.